The number of ether oxygens (including phenoxy) is 3. The summed E-state index contributed by atoms with van der Waals surface area (Å²) in [5, 5.41) is 0. The fraction of sp³-hybridized carbons (Fsp3) is 0.704. The van der Waals surface area contributed by atoms with Crippen molar-refractivity contribution in [2.24, 2.45) is 0 Å². The fourth-order valence-electron chi connectivity index (χ4n) is 2.94. The van der Waals surface area contributed by atoms with E-state index >= 15 is 0 Å². The van der Waals surface area contributed by atoms with E-state index in [9.17, 15) is 0 Å². The standard InChI is InChI=1S/C13H18O3.C6H13N.C4H8.C2H6.2CH4.Y/c1-10-8-11(2)16-13(15-10)9-14-12-6-4-3-5-7-12;1-7-5-3-2-4-6-7;1-3-4-2;1-2;;;/h3-7,10-11,13H,8-9H2,1-2H3;2-6H2,1H3;3-4H,1-2H3;1-2H3;2*1H4;/b;;4-3+;;;;. The van der Waals surface area contributed by atoms with Crippen LogP contribution in [0.4, 0.5) is 0 Å². The van der Waals surface area contributed by atoms with Crippen LogP contribution in [-0.2, 0) is 42.2 Å². The van der Waals surface area contributed by atoms with E-state index in [1.165, 1.54) is 32.4 Å². The first-order valence-corrected chi connectivity index (χ1v) is 11.3. The van der Waals surface area contributed by atoms with Crippen molar-refractivity contribution in [3.05, 3.63) is 42.5 Å². The van der Waals surface area contributed by atoms with Gasteiger partial charge in [-0.15, -0.1) is 0 Å². The van der Waals surface area contributed by atoms with Gasteiger partial charge in [0.2, 0.25) is 0 Å². The van der Waals surface area contributed by atoms with Crippen molar-refractivity contribution in [2.75, 3.05) is 26.7 Å². The van der Waals surface area contributed by atoms with Crippen molar-refractivity contribution < 1.29 is 46.9 Å². The maximum Gasteiger partial charge on any atom is 0.192 e. The van der Waals surface area contributed by atoms with Crippen LogP contribution in [-0.4, -0.2) is 50.1 Å². The number of hydrogen-bond acceptors (Lipinski definition) is 4. The third kappa shape index (κ3) is 21.6. The molecule has 3 rings (SSSR count). The van der Waals surface area contributed by atoms with Gasteiger partial charge in [-0.25, -0.2) is 0 Å². The summed E-state index contributed by atoms with van der Waals surface area (Å²) in [4.78, 5) is 2.39. The van der Waals surface area contributed by atoms with Gasteiger partial charge >= 0.3 is 0 Å². The van der Waals surface area contributed by atoms with Crippen LogP contribution in [0.2, 0.25) is 0 Å². The zero-order valence-corrected chi connectivity index (χ0v) is 23.3. The molecule has 0 aromatic heterocycles. The summed E-state index contributed by atoms with van der Waals surface area (Å²) in [6, 6.07) is 9.71. The van der Waals surface area contributed by atoms with Crippen molar-refractivity contribution >= 4 is 0 Å². The smallest absolute Gasteiger partial charge is 0.192 e. The molecule has 2 heterocycles. The van der Waals surface area contributed by atoms with E-state index in [0.29, 0.717) is 6.61 Å². The number of benzene rings is 1. The Kier molecular flexibility index (Phi) is 32.9. The third-order valence-electron chi connectivity index (χ3n) is 4.47. The summed E-state index contributed by atoms with van der Waals surface area (Å²) in [5.41, 5.74) is 0. The van der Waals surface area contributed by atoms with Gasteiger partial charge < -0.3 is 19.1 Å². The number of hydrogen-bond donors (Lipinski definition) is 0. The average Bonchev–Trinajstić information content (AvgIpc) is 2.75. The molecule has 5 heteroatoms. The minimum atomic E-state index is -0.251. The third-order valence-corrected chi connectivity index (χ3v) is 4.47. The molecule has 4 nitrogen and oxygen atoms in total. The van der Waals surface area contributed by atoms with E-state index in [2.05, 4.69) is 25.8 Å². The van der Waals surface area contributed by atoms with Gasteiger partial charge in [0.05, 0.1) is 12.2 Å². The number of allylic oxidation sites excluding steroid dienone is 2. The molecule has 0 amide bonds. The van der Waals surface area contributed by atoms with E-state index in [1.807, 2.05) is 70.2 Å². The molecule has 1 radical (unpaired) electrons. The molecule has 0 saturated carbocycles. The van der Waals surface area contributed by atoms with Crippen LogP contribution in [0.25, 0.3) is 0 Å². The molecule has 1 aromatic rings. The Morgan fingerprint density at radius 1 is 0.906 bits per heavy atom. The molecule has 2 aliphatic heterocycles. The van der Waals surface area contributed by atoms with Crippen LogP contribution in [0.5, 0.6) is 5.75 Å². The van der Waals surface area contributed by atoms with E-state index in [4.69, 9.17) is 14.2 Å². The van der Waals surface area contributed by atoms with E-state index < -0.39 is 0 Å². The Balaban J connectivity index is -0.000000208. The van der Waals surface area contributed by atoms with Gasteiger partial charge in [-0.05, 0) is 79.2 Å². The normalized spacial score (nSPS) is 21.9. The number of para-hydroxylation sites is 1. The number of rotatable bonds is 3. The second-order valence-corrected chi connectivity index (χ2v) is 7.21. The minimum absolute atomic E-state index is 0. The SMILES string of the molecule is C.C.C/C=C/C.CC.CC1CC(C)OC(COc2ccccc2)O1.CN1CCCCC1.[Y]. The summed E-state index contributed by atoms with van der Waals surface area (Å²) in [6.07, 6.45) is 9.46. The average molecular weight is 529 g/mol. The van der Waals surface area contributed by atoms with Crippen LogP contribution in [0, 0.1) is 0 Å². The molecule has 2 aliphatic rings. The quantitative estimate of drug-likeness (QED) is 0.378. The van der Waals surface area contributed by atoms with Crippen LogP contribution >= 0.6 is 0 Å². The van der Waals surface area contributed by atoms with E-state index in [-0.39, 0.29) is 66.1 Å². The molecule has 0 bridgehead atoms. The van der Waals surface area contributed by atoms with Gasteiger partial charge in [-0.3, -0.25) is 0 Å². The molecule has 2 fully saturated rings. The van der Waals surface area contributed by atoms with Crippen molar-refractivity contribution in [3.8, 4) is 5.75 Å². The summed E-state index contributed by atoms with van der Waals surface area (Å²) < 4.78 is 16.9. The fourth-order valence-corrected chi connectivity index (χ4v) is 2.94. The van der Waals surface area contributed by atoms with Crippen molar-refractivity contribution in [1.29, 1.82) is 0 Å². The van der Waals surface area contributed by atoms with Crippen LogP contribution in [0.15, 0.2) is 42.5 Å². The topological polar surface area (TPSA) is 30.9 Å². The minimum Gasteiger partial charge on any atom is -0.488 e. The Morgan fingerprint density at radius 2 is 1.38 bits per heavy atom. The molecule has 0 aliphatic carbocycles. The molecule has 187 valence electrons. The van der Waals surface area contributed by atoms with Gasteiger partial charge in [0, 0.05) is 32.7 Å². The van der Waals surface area contributed by atoms with E-state index in [0.717, 1.165) is 12.2 Å². The first-order chi connectivity index (χ1) is 14.0. The van der Waals surface area contributed by atoms with Crippen molar-refractivity contribution in [2.45, 2.75) is 101 Å². The van der Waals surface area contributed by atoms with Crippen LogP contribution in [0.3, 0.4) is 0 Å². The number of nitrogens with zero attached hydrogens (tertiary/aromatic N) is 1. The zero-order chi connectivity index (χ0) is 21.9. The second kappa shape index (κ2) is 27.0. The maximum atomic E-state index is 5.63. The monoisotopic (exact) mass is 528 g/mol. The Labute approximate surface area is 226 Å². The molecule has 2 saturated heterocycles. The predicted octanol–water partition coefficient (Wildman–Crippen LogP) is 7.59. The maximum absolute atomic E-state index is 5.63. The Morgan fingerprint density at radius 3 is 1.75 bits per heavy atom. The Hall–Kier alpha value is -0.256. The van der Waals surface area contributed by atoms with Gasteiger partial charge in [-0.2, -0.15) is 0 Å². The van der Waals surface area contributed by atoms with E-state index in [1.54, 1.807) is 0 Å². The molecule has 2 atom stereocenters. The van der Waals surface area contributed by atoms with Crippen LogP contribution < -0.4 is 4.74 Å². The molecule has 0 spiro atoms. The first kappa shape index (κ1) is 39.0. The van der Waals surface area contributed by atoms with Gasteiger partial charge in [0.15, 0.2) is 6.29 Å². The summed E-state index contributed by atoms with van der Waals surface area (Å²) in [7, 11) is 2.19. The second-order valence-electron chi connectivity index (χ2n) is 7.21. The largest absolute Gasteiger partial charge is 0.488 e. The number of likely N-dealkylation sites (tertiary alicyclic amines) is 1. The van der Waals surface area contributed by atoms with Crippen molar-refractivity contribution in [1.82, 2.24) is 4.90 Å². The summed E-state index contributed by atoms with van der Waals surface area (Å²) >= 11 is 0. The zero-order valence-electron chi connectivity index (χ0n) is 20.5. The first-order valence-electron chi connectivity index (χ1n) is 11.3. The summed E-state index contributed by atoms with van der Waals surface area (Å²) in [5.74, 6) is 0.848. The molecular weight excluding hydrogens is 475 g/mol. The molecule has 0 N–H and O–H groups in total. The molecule has 32 heavy (non-hydrogen) atoms. The van der Waals surface area contributed by atoms with Gasteiger partial charge in [0.25, 0.3) is 0 Å². The molecule has 1 aromatic carbocycles. The predicted molar refractivity (Wildman–Crippen MR) is 138 cm³/mol. The molecular formula is C27H53NO3Y. The molecule has 2 unspecified atom stereocenters. The van der Waals surface area contributed by atoms with Crippen LogP contribution in [0.1, 0.15) is 82.1 Å². The summed E-state index contributed by atoms with van der Waals surface area (Å²) in [6.45, 7) is 15.2. The van der Waals surface area contributed by atoms with Gasteiger partial charge in [0.1, 0.15) is 12.4 Å². The number of piperidine rings is 1. The van der Waals surface area contributed by atoms with Crippen molar-refractivity contribution in [3.63, 3.8) is 0 Å². The Bertz CT molecular complexity index is 479. The van der Waals surface area contributed by atoms with Gasteiger partial charge in [-0.1, -0.05) is 65.5 Å².